The van der Waals surface area contributed by atoms with Crippen LogP contribution in [0.1, 0.15) is 67.3 Å². The van der Waals surface area contributed by atoms with E-state index in [1.807, 2.05) is 0 Å². The first-order chi connectivity index (χ1) is 20.4. The van der Waals surface area contributed by atoms with Gasteiger partial charge in [0, 0.05) is 0 Å². The third-order valence-corrected chi connectivity index (χ3v) is 6.91. The van der Waals surface area contributed by atoms with Gasteiger partial charge in [0.1, 0.15) is 0 Å². The van der Waals surface area contributed by atoms with E-state index in [0.29, 0.717) is 0 Å². The summed E-state index contributed by atoms with van der Waals surface area (Å²) in [5.41, 5.74) is 12.7. The van der Waals surface area contributed by atoms with Crippen molar-refractivity contribution in [2.45, 2.75) is 27.7 Å². The summed E-state index contributed by atoms with van der Waals surface area (Å²) in [5.74, 6) is 0. The highest BCUT2D eigenvalue weighted by Crippen LogP contribution is 2.21. The number of aryl methyl sites for hydroxylation is 4. The van der Waals surface area contributed by atoms with Crippen molar-refractivity contribution in [1.29, 1.82) is 0 Å². The number of hydrogen-bond acceptors (Lipinski definition) is 2. The fourth-order valence-corrected chi connectivity index (χ4v) is 4.78. The third kappa shape index (κ3) is 7.99. The lowest BCUT2D eigenvalue weighted by Gasteiger charge is -2.08. The third-order valence-electron chi connectivity index (χ3n) is 6.91. The van der Waals surface area contributed by atoms with Crippen molar-refractivity contribution < 1.29 is 0 Å². The van der Waals surface area contributed by atoms with Crippen LogP contribution in [0.15, 0.2) is 97.1 Å². The molecule has 0 saturated heterocycles. The Kier molecular flexibility index (Phi) is 9.16. The average molecular weight is 545 g/mol. The van der Waals surface area contributed by atoms with E-state index in [0.717, 1.165) is 45.0 Å². The summed E-state index contributed by atoms with van der Waals surface area (Å²) >= 11 is 0. The summed E-state index contributed by atoms with van der Waals surface area (Å²) in [5, 5.41) is 0. The molecule has 0 atom stereocenters. The first-order valence-electron chi connectivity index (χ1n) is 14.3. The van der Waals surface area contributed by atoms with Crippen LogP contribution in [0, 0.1) is 27.7 Å². The van der Waals surface area contributed by atoms with E-state index in [9.17, 15) is 0 Å². The maximum absolute atomic E-state index is 5.17. The monoisotopic (exact) mass is 544 g/mol. The zero-order chi connectivity index (χ0) is 29.3. The number of benzene rings is 4. The number of rotatable bonds is 8. The standard InChI is InChI=1S/C40H36N2/c1-29-9-5-13-33(25-29)17-21-37-38(22-18-34-14-6-10-30(2)26-34)42-40(24-20-36-16-8-12-32(4)28-36)39(41-37)23-19-35-15-7-11-31(3)27-35/h5-28H,1-4H3/b21-17+,22-18+,23-19+,24-20+. The molecule has 2 heteroatoms. The molecule has 0 N–H and O–H groups in total. The Labute approximate surface area is 250 Å². The molecule has 0 amide bonds. The zero-order valence-corrected chi connectivity index (χ0v) is 24.8. The number of aromatic nitrogens is 2. The number of hydrogen-bond donors (Lipinski definition) is 0. The molecule has 0 aliphatic heterocycles. The van der Waals surface area contributed by atoms with Gasteiger partial charge in [-0.2, -0.15) is 0 Å². The lowest BCUT2D eigenvalue weighted by Crippen LogP contribution is -2.00. The summed E-state index contributed by atoms with van der Waals surface area (Å²) in [6.07, 6.45) is 16.7. The molecule has 1 heterocycles. The quantitative estimate of drug-likeness (QED) is 0.194. The second-order valence-corrected chi connectivity index (χ2v) is 10.8. The van der Waals surface area contributed by atoms with Gasteiger partial charge in [-0.25, -0.2) is 9.97 Å². The molecule has 0 bridgehead atoms. The molecule has 0 aliphatic rings. The van der Waals surface area contributed by atoms with E-state index >= 15 is 0 Å². The van der Waals surface area contributed by atoms with Crippen molar-refractivity contribution in [2.75, 3.05) is 0 Å². The van der Waals surface area contributed by atoms with Crippen molar-refractivity contribution in [2.24, 2.45) is 0 Å². The molecule has 2 nitrogen and oxygen atoms in total. The van der Waals surface area contributed by atoms with Gasteiger partial charge in [0.2, 0.25) is 0 Å². The molecule has 0 unspecified atom stereocenters. The summed E-state index contributed by atoms with van der Waals surface area (Å²) in [6, 6.07) is 33.9. The predicted octanol–water partition coefficient (Wildman–Crippen LogP) is 10.4. The highest BCUT2D eigenvalue weighted by atomic mass is 14.8. The summed E-state index contributed by atoms with van der Waals surface area (Å²) in [6.45, 7) is 8.43. The molecule has 4 aromatic carbocycles. The molecule has 1 aromatic heterocycles. The van der Waals surface area contributed by atoms with Crippen LogP contribution in [0.5, 0.6) is 0 Å². The van der Waals surface area contributed by atoms with E-state index in [-0.39, 0.29) is 0 Å². The molecule has 0 fully saturated rings. The van der Waals surface area contributed by atoms with Crippen LogP contribution in [0.3, 0.4) is 0 Å². The van der Waals surface area contributed by atoms with Crippen LogP contribution in [-0.4, -0.2) is 9.97 Å². The first-order valence-corrected chi connectivity index (χ1v) is 14.3. The molecule has 0 aliphatic carbocycles. The van der Waals surface area contributed by atoms with Gasteiger partial charge in [-0.05, 0) is 74.3 Å². The normalized spacial score (nSPS) is 11.9. The maximum atomic E-state index is 5.17. The lowest BCUT2D eigenvalue weighted by atomic mass is 10.1. The first kappa shape index (κ1) is 28.4. The van der Waals surface area contributed by atoms with Crippen molar-refractivity contribution in [3.05, 3.63) is 164 Å². The van der Waals surface area contributed by atoms with Gasteiger partial charge in [0.15, 0.2) is 0 Å². The fourth-order valence-electron chi connectivity index (χ4n) is 4.78. The SMILES string of the molecule is Cc1cccc(/C=C/c2nc(/C=C/c3cccc(C)c3)c(/C=C/c3cccc(C)c3)nc2/C=C/c2cccc(C)c2)c1. The number of nitrogens with zero attached hydrogens (tertiary/aromatic N) is 2. The topological polar surface area (TPSA) is 25.8 Å². The van der Waals surface area contributed by atoms with E-state index in [2.05, 4.69) is 173 Å². The molecule has 206 valence electrons. The van der Waals surface area contributed by atoms with Crippen LogP contribution in [0.2, 0.25) is 0 Å². The minimum Gasteiger partial charge on any atom is -0.245 e. The largest absolute Gasteiger partial charge is 0.245 e. The van der Waals surface area contributed by atoms with Gasteiger partial charge in [0.25, 0.3) is 0 Å². The maximum Gasteiger partial charge on any atom is 0.0894 e. The Morgan fingerprint density at radius 2 is 0.571 bits per heavy atom. The highest BCUT2D eigenvalue weighted by Gasteiger charge is 2.08. The van der Waals surface area contributed by atoms with Crippen LogP contribution < -0.4 is 0 Å². The summed E-state index contributed by atoms with van der Waals surface area (Å²) in [7, 11) is 0. The lowest BCUT2D eigenvalue weighted by molar-refractivity contribution is 1.12. The van der Waals surface area contributed by atoms with E-state index < -0.39 is 0 Å². The van der Waals surface area contributed by atoms with Crippen LogP contribution in [0.25, 0.3) is 48.6 Å². The summed E-state index contributed by atoms with van der Waals surface area (Å²) < 4.78 is 0. The Hall–Kier alpha value is -5.08. The second kappa shape index (κ2) is 13.5. The predicted molar refractivity (Wildman–Crippen MR) is 182 cm³/mol. The van der Waals surface area contributed by atoms with E-state index in [4.69, 9.17) is 9.97 Å². The molecule has 42 heavy (non-hydrogen) atoms. The van der Waals surface area contributed by atoms with Gasteiger partial charge in [-0.15, -0.1) is 0 Å². The zero-order valence-electron chi connectivity index (χ0n) is 24.8. The van der Waals surface area contributed by atoms with Crippen LogP contribution in [-0.2, 0) is 0 Å². The fraction of sp³-hybridized carbons (Fsp3) is 0.100. The second-order valence-electron chi connectivity index (χ2n) is 10.8. The van der Waals surface area contributed by atoms with Gasteiger partial charge < -0.3 is 0 Å². The van der Waals surface area contributed by atoms with Crippen LogP contribution in [0.4, 0.5) is 0 Å². The van der Waals surface area contributed by atoms with E-state index in [1.165, 1.54) is 22.3 Å². The Balaban J connectivity index is 1.63. The molecule has 0 spiro atoms. The smallest absolute Gasteiger partial charge is 0.0894 e. The molecule has 5 rings (SSSR count). The van der Waals surface area contributed by atoms with Gasteiger partial charge in [-0.3, -0.25) is 0 Å². The molecule has 0 radical (unpaired) electrons. The van der Waals surface area contributed by atoms with Gasteiger partial charge in [-0.1, -0.05) is 144 Å². The van der Waals surface area contributed by atoms with Crippen molar-refractivity contribution in [3.63, 3.8) is 0 Å². The molecule has 5 aromatic rings. The van der Waals surface area contributed by atoms with Gasteiger partial charge in [0.05, 0.1) is 22.8 Å². The summed E-state index contributed by atoms with van der Waals surface area (Å²) in [4.78, 5) is 10.3. The molecule has 0 saturated carbocycles. The van der Waals surface area contributed by atoms with Crippen molar-refractivity contribution in [3.8, 4) is 0 Å². The van der Waals surface area contributed by atoms with Crippen molar-refractivity contribution >= 4 is 48.6 Å². The minimum atomic E-state index is 0.817. The van der Waals surface area contributed by atoms with Crippen LogP contribution >= 0.6 is 0 Å². The molecular formula is C40H36N2. The van der Waals surface area contributed by atoms with Gasteiger partial charge >= 0.3 is 0 Å². The average Bonchev–Trinajstić information content (AvgIpc) is 2.97. The highest BCUT2D eigenvalue weighted by molar-refractivity contribution is 5.81. The Morgan fingerprint density at radius 1 is 0.333 bits per heavy atom. The Bertz CT molecular complexity index is 1550. The Morgan fingerprint density at radius 3 is 0.786 bits per heavy atom. The van der Waals surface area contributed by atoms with E-state index in [1.54, 1.807) is 0 Å². The minimum absolute atomic E-state index is 0.817. The van der Waals surface area contributed by atoms with Crippen molar-refractivity contribution in [1.82, 2.24) is 9.97 Å². The molecular weight excluding hydrogens is 508 g/mol.